The zero-order valence-electron chi connectivity index (χ0n) is 22.0. The van der Waals surface area contributed by atoms with Crippen molar-refractivity contribution >= 4 is 11.6 Å². The molecule has 0 radical (unpaired) electrons. The number of primary amides is 1. The van der Waals surface area contributed by atoms with Gasteiger partial charge in [-0.25, -0.2) is 14.4 Å². The van der Waals surface area contributed by atoms with Crippen molar-refractivity contribution in [2.75, 3.05) is 32.3 Å². The zero-order valence-corrected chi connectivity index (χ0v) is 22.0. The minimum Gasteiger partial charge on any atom is -0.496 e. The van der Waals surface area contributed by atoms with E-state index in [1.165, 1.54) is 25.4 Å². The summed E-state index contributed by atoms with van der Waals surface area (Å²) in [5.74, 6) is -0.644. The van der Waals surface area contributed by atoms with E-state index in [0.29, 0.717) is 35.5 Å². The van der Waals surface area contributed by atoms with E-state index in [0.717, 1.165) is 11.1 Å². The van der Waals surface area contributed by atoms with Crippen molar-refractivity contribution in [1.82, 2.24) is 15.0 Å². The first-order chi connectivity index (χ1) is 19.4. The van der Waals surface area contributed by atoms with E-state index in [1.807, 2.05) is 29.2 Å². The highest BCUT2D eigenvalue weighted by Gasteiger charge is 2.32. The monoisotopic (exact) mass is 544 g/mol. The van der Waals surface area contributed by atoms with Gasteiger partial charge in [-0.2, -0.15) is 0 Å². The third-order valence-electron chi connectivity index (χ3n) is 7.01. The number of hydrogen-bond donors (Lipinski definition) is 3. The number of halogens is 1. The summed E-state index contributed by atoms with van der Waals surface area (Å²) in [5.41, 5.74) is 15.3. The molecular formula is C29H29FN6O4. The second-order valence-corrected chi connectivity index (χ2v) is 9.43. The van der Waals surface area contributed by atoms with Gasteiger partial charge < -0.3 is 30.9 Å². The van der Waals surface area contributed by atoms with Crippen LogP contribution in [0, 0.1) is 5.82 Å². The third-order valence-corrected chi connectivity index (χ3v) is 7.01. The van der Waals surface area contributed by atoms with Crippen molar-refractivity contribution in [3.05, 3.63) is 72.6 Å². The lowest BCUT2D eigenvalue weighted by atomic mass is 9.96. The predicted molar refractivity (Wildman–Crippen MR) is 149 cm³/mol. The molecule has 1 aliphatic rings. The van der Waals surface area contributed by atoms with Gasteiger partial charge in [0.25, 0.3) is 5.91 Å². The molecule has 5 N–H and O–H groups in total. The predicted octanol–water partition coefficient (Wildman–Crippen LogP) is 3.03. The second-order valence-electron chi connectivity index (χ2n) is 9.43. The van der Waals surface area contributed by atoms with Crippen LogP contribution in [0.3, 0.4) is 0 Å². The molecule has 0 saturated carbocycles. The maximum atomic E-state index is 14.8. The lowest BCUT2D eigenvalue weighted by molar-refractivity contribution is 0.0996. The van der Waals surface area contributed by atoms with Gasteiger partial charge in [-0.1, -0.05) is 18.2 Å². The fraction of sp³-hybridized carbons (Fsp3) is 0.241. The number of methoxy groups -OCH3 is 2. The number of pyridine rings is 1. The average Bonchev–Trinajstić information content (AvgIpc) is 3.36. The number of nitrogens with two attached hydrogens (primary N) is 2. The Hall–Kier alpha value is -4.61. The number of hydrogen-bond acceptors (Lipinski definition) is 9. The lowest BCUT2D eigenvalue weighted by Gasteiger charge is -2.28. The molecular weight excluding hydrogens is 515 g/mol. The molecule has 2 aromatic heterocycles. The van der Waals surface area contributed by atoms with Crippen LogP contribution < -0.4 is 25.8 Å². The molecule has 5 rings (SSSR count). The van der Waals surface area contributed by atoms with Crippen LogP contribution in [0.4, 0.5) is 10.1 Å². The number of aliphatic hydroxyl groups is 1. The van der Waals surface area contributed by atoms with E-state index < -0.39 is 11.7 Å². The van der Waals surface area contributed by atoms with Gasteiger partial charge in [0.2, 0.25) is 0 Å². The summed E-state index contributed by atoms with van der Waals surface area (Å²) in [7, 11) is 2.98. The highest BCUT2D eigenvalue weighted by molar-refractivity contribution is 6.00. The summed E-state index contributed by atoms with van der Waals surface area (Å²) in [6.45, 7) is 0.369. The van der Waals surface area contributed by atoms with E-state index in [-0.39, 0.29) is 41.5 Å². The molecule has 1 fully saturated rings. The Balaban J connectivity index is 1.72. The van der Waals surface area contributed by atoms with E-state index in [4.69, 9.17) is 20.9 Å². The number of benzene rings is 2. The van der Waals surface area contributed by atoms with Gasteiger partial charge in [-0.3, -0.25) is 9.78 Å². The summed E-state index contributed by atoms with van der Waals surface area (Å²) < 4.78 is 25.6. The molecule has 1 saturated heterocycles. The zero-order chi connectivity index (χ0) is 28.4. The Morgan fingerprint density at radius 3 is 2.62 bits per heavy atom. The SMILES string of the molecule is COc1cnccc1-c1ccc(-c2cnc(-c3c(F)cccc3OC)nc2C(N)=O)c(N2C[C@@H](N)C[C@H]2CO)c1. The first kappa shape index (κ1) is 27.0. The molecule has 0 aliphatic carbocycles. The van der Waals surface area contributed by atoms with Crippen LogP contribution in [0.15, 0.2) is 61.1 Å². The number of aromatic nitrogens is 3. The van der Waals surface area contributed by atoms with Crippen LogP contribution in [0.1, 0.15) is 16.9 Å². The van der Waals surface area contributed by atoms with E-state index >= 15 is 0 Å². The maximum Gasteiger partial charge on any atom is 0.268 e. The fourth-order valence-corrected chi connectivity index (χ4v) is 5.15. The van der Waals surface area contributed by atoms with Gasteiger partial charge in [0.05, 0.1) is 38.6 Å². The Morgan fingerprint density at radius 1 is 1.10 bits per heavy atom. The van der Waals surface area contributed by atoms with Gasteiger partial charge >= 0.3 is 0 Å². The molecule has 2 aromatic carbocycles. The molecule has 4 aromatic rings. The molecule has 206 valence electrons. The van der Waals surface area contributed by atoms with Crippen LogP contribution in [-0.4, -0.2) is 65.4 Å². The van der Waals surface area contributed by atoms with Gasteiger partial charge in [0.1, 0.15) is 23.0 Å². The van der Waals surface area contributed by atoms with Crippen molar-refractivity contribution in [1.29, 1.82) is 0 Å². The maximum absolute atomic E-state index is 14.8. The number of rotatable bonds is 8. The van der Waals surface area contributed by atoms with Gasteiger partial charge in [0.15, 0.2) is 5.82 Å². The summed E-state index contributed by atoms with van der Waals surface area (Å²) in [6, 6.07) is 11.4. The van der Waals surface area contributed by atoms with Crippen LogP contribution in [0.25, 0.3) is 33.6 Å². The van der Waals surface area contributed by atoms with Crippen LogP contribution in [0.5, 0.6) is 11.5 Å². The Kier molecular flexibility index (Phi) is 7.58. The van der Waals surface area contributed by atoms with Crippen LogP contribution in [0.2, 0.25) is 0 Å². The number of aliphatic hydroxyl groups excluding tert-OH is 1. The summed E-state index contributed by atoms with van der Waals surface area (Å²) in [5, 5.41) is 10.2. The minimum absolute atomic E-state index is 0.0188. The quantitative estimate of drug-likeness (QED) is 0.304. The molecule has 0 spiro atoms. The van der Waals surface area contributed by atoms with Crippen molar-refractivity contribution < 1.29 is 23.8 Å². The smallest absolute Gasteiger partial charge is 0.268 e. The summed E-state index contributed by atoms with van der Waals surface area (Å²) in [4.78, 5) is 27.7. The molecule has 11 heteroatoms. The van der Waals surface area contributed by atoms with Gasteiger partial charge in [-0.05, 0) is 36.2 Å². The van der Waals surface area contributed by atoms with Gasteiger partial charge in [0, 0.05) is 47.4 Å². The first-order valence-corrected chi connectivity index (χ1v) is 12.6. The first-order valence-electron chi connectivity index (χ1n) is 12.6. The standard InChI is InChI=1S/C29H29FN6O4/c1-39-24-5-3-4-22(30)26(24)29-34-12-21(27(35-29)28(32)38)20-7-6-16(19-8-9-33-13-25(19)40-2)10-23(20)36-14-17(31)11-18(36)15-37/h3-10,12-13,17-18,37H,11,14-15,31H2,1-2H3,(H2,32,38)/t17-,18-/m0/s1. The lowest BCUT2D eigenvalue weighted by Crippen LogP contribution is -2.33. The number of amides is 1. The Bertz CT molecular complexity index is 1570. The highest BCUT2D eigenvalue weighted by atomic mass is 19.1. The molecule has 0 unspecified atom stereocenters. The van der Waals surface area contributed by atoms with Crippen LogP contribution >= 0.6 is 0 Å². The average molecular weight is 545 g/mol. The molecule has 0 bridgehead atoms. The number of carbonyl (C=O) groups is 1. The van der Waals surface area contributed by atoms with Crippen LogP contribution in [-0.2, 0) is 0 Å². The highest BCUT2D eigenvalue weighted by Crippen LogP contribution is 2.41. The Morgan fingerprint density at radius 2 is 1.90 bits per heavy atom. The molecule has 10 nitrogen and oxygen atoms in total. The third kappa shape index (κ3) is 4.92. The van der Waals surface area contributed by atoms with Crippen molar-refractivity contribution in [3.63, 3.8) is 0 Å². The Labute approximate surface area is 230 Å². The van der Waals surface area contributed by atoms with Crippen molar-refractivity contribution in [3.8, 4) is 45.1 Å². The minimum atomic E-state index is -0.809. The molecule has 40 heavy (non-hydrogen) atoms. The number of ether oxygens (including phenoxy) is 2. The fourth-order valence-electron chi connectivity index (χ4n) is 5.15. The van der Waals surface area contributed by atoms with E-state index in [9.17, 15) is 14.3 Å². The number of anilines is 1. The van der Waals surface area contributed by atoms with E-state index in [1.54, 1.807) is 25.6 Å². The molecule has 1 amide bonds. The van der Waals surface area contributed by atoms with Gasteiger partial charge in [-0.15, -0.1) is 0 Å². The number of carbonyl (C=O) groups excluding carboxylic acids is 1. The number of nitrogens with zero attached hydrogens (tertiary/aromatic N) is 4. The van der Waals surface area contributed by atoms with E-state index in [2.05, 4.69) is 15.0 Å². The molecule has 1 aliphatic heterocycles. The van der Waals surface area contributed by atoms with Crippen molar-refractivity contribution in [2.24, 2.45) is 11.5 Å². The summed E-state index contributed by atoms with van der Waals surface area (Å²) >= 11 is 0. The molecule has 2 atom stereocenters. The topological polar surface area (TPSA) is 150 Å². The summed E-state index contributed by atoms with van der Waals surface area (Å²) in [6.07, 6.45) is 5.33. The van der Waals surface area contributed by atoms with Crippen molar-refractivity contribution in [2.45, 2.75) is 18.5 Å². The largest absolute Gasteiger partial charge is 0.496 e. The second kappa shape index (κ2) is 11.2. The molecule has 3 heterocycles. The normalized spacial score (nSPS) is 16.7.